The Kier molecular flexibility index (Phi) is 7.66. The molecule has 40 heavy (non-hydrogen) atoms. The van der Waals surface area contributed by atoms with E-state index in [-0.39, 0.29) is 40.2 Å². The molecule has 8 nitrogen and oxygen atoms in total. The maximum atomic E-state index is 13.2. The molecule has 0 aromatic heterocycles. The molecule has 3 atom stereocenters. The summed E-state index contributed by atoms with van der Waals surface area (Å²) < 4.78 is 0. The fourth-order valence-electron chi connectivity index (χ4n) is 4.97. The van der Waals surface area contributed by atoms with Crippen molar-refractivity contribution in [3.8, 4) is 0 Å². The summed E-state index contributed by atoms with van der Waals surface area (Å²) in [5.41, 5.74) is 1.94. The van der Waals surface area contributed by atoms with E-state index in [4.69, 9.17) is 0 Å². The molecular formula is C31H26N2O6S. The van der Waals surface area contributed by atoms with Gasteiger partial charge < -0.3 is 15.7 Å². The van der Waals surface area contributed by atoms with Crippen molar-refractivity contribution in [2.75, 3.05) is 10.6 Å². The molecule has 3 aromatic carbocycles. The van der Waals surface area contributed by atoms with Crippen LogP contribution in [0.2, 0.25) is 0 Å². The van der Waals surface area contributed by atoms with E-state index >= 15 is 0 Å². The minimum Gasteiger partial charge on any atom is -0.481 e. The van der Waals surface area contributed by atoms with Crippen LogP contribution in [0, 0.1) is 11.8 Å². The van der Waals surface area contributed by atoms with Crippen LogP contribution < -0.4 is 10.6 Å². The van der Waals surface area contributed by atoms with Crippen LogP contribution in [0.1, 0.15) is 51.6 Å². The topological polar surface area (TPSA) is 130 Å². The largest absolute Gasteiger partial charge is 0.481 e. The second-order valence-corrected chi connectivity index (χ2v) is 11.1. The standard InChI is InChI=1S/C31H26N2O6S/c1-17(40-19-15-13-18(14-16-19)32-30(37)22-9-4-5-10-23(22)31(38)39)29(36)33-25-12-6-11-24-26(25)28(35)21-8-3-2-7-20(21)27(24)34/h2-8,11-17,22-23H,9-10H2,1H3,(H,32,37)(H,33,36)(H,38,39). The predicted molar refractivity (Wildman–Crippen MR) is 152 cm³/mol. The summed E-state index contributed by atoms with van der Waals surface area (Å²) in [6.07, 6.45) is 4.31. The summed E-state index contributed by atoms with van der Waals surface area (Å²) in [7, 11) is 0. The van der Waals surface area contributed by atoms with E-state index in [9.17, 15) is 29.1 Å². The van der Waals surface area contributed by atoms with E-state index in [0.29, 0.717) is 29.7 Å². The van der Waals surface area contributed by atoms with E-state index in [2.05, 4.69) is 10.6 Å². The molecule has 0 aliphatic heterocycles. The van der Waals surface area contributed by atoms with E-state index in [1.54, 1.807) is 79.7 Å². The fourth-order valence-corrected chi connectivity index (χ4v) is 5.84. The maximum absolute atomic E-state index is 13.2. The number of ketones is 2. The highest BCUT2D eigenvalue weighted by Crippen LogP contribution is 2.33. The van der Waals surface area contributed by atoms with Gasteiger partial charge in [-0.1, -0.05) is 48.6 Å². The molecular weight excluding hydrogens is 528 g/mol. The number of carbonyl (C=O) groups excluding carboxylic acids is 4. The summed E-state index contributed by atoms with van der Waals surface area (Å²) >= 11 is 1.29. The minimum absolute atomic E-state index is 0.190. The quantitative estimate of drug-likeness (QED) is 0.212. The van der Waals surface area contributed by atoms with Gasteiger partial charge in [0.1, 0.15) is 0 Å². The average Bonchev–Trinajstić information content (AvgIpc) is 2.96. The Morgan fingerprint density at radius 1 is 0.800 bits per heavy atom. The molecule has 0 radical (unpaired) electrons. The Labute approximate surface area is 234 Å². The third-order valence-corrected chi connectivity index (χ3v) is 8.21. The lowest BCUT2D eigenvalue weighted by atomic mass is 9.82. The Morgan fingerprint density at radius 2 is 1.43 bits per heavy atom. The first kappa shape index (κ1) is 27.1. The van der Waals surface area contributed by atoms with E-state index in [1.165, 1.54) is 11.8 Å². The molecule has 0 saturated heterocycles. The first-order valence-corrected chi connectivity index (χ1v) is 13.7. The van der Waals surface area contributed by atoms with E-state index in [0.717, 1.165) is 4.90 Å². The van der Waals surface area contributed by atoms with Gasteiger partial charge in [0, 0.05) is 27.3 Å². The fraction of sp³-hybridized carbons (Fsp3) is 0.194. The van der Waals surface area contributed by atoms with Gasteiger partial charge in [-0.15, -0.1) is 11.8 Å². The second kappa shape index (κ2) is 11.3. The molecule has 3 unspecified atom stereocenters. The van der Waals surface area contributed by atoms with Gasteiger partial charge in [-0.25, -0.2) is 0 Å². The number of carboxylic acids is 1. The number of fused-ring (bicyclic) bond motifs is 2. The Morgan fingerprint density at radius 3 is 2.10 bits per heavy atom. The second-order valence-electron chi connectivity index (χ2n) is 9.69. The van der Waals surface area contributed by atoms with Crippen LogP contribution in [0.15, 0.2) is 83.8 Å². The number of carbonyl (C=O) groups is 5. The van der Waals surface area contributed by atoms with Crippen molar-refractivity contribution < 1.29 is 29.1 Å². The molecule has 9 heteroatoms. The van der Waals surface area contributed by atoms with Gasteiger partial charge >= 0.3 is 5.97 Å². The molecule has 0 bridgehead atoms. The number of benzene rings is 3. The normalized spacial score (nSPS) is 18.3. The van der Waals surface area contributed by atoms with Gasteiger partial charge in [0.05, 0.1) is 28.3 Å². The number of hydrogen-bond donors (Lipinski definition) is 3. The Hall–Kier alpha value is -4.50. The molecule has 0 heterocycles. The van der Waals surface area contributed by atoms with Crippen molar-refractivity contribution in [1.29, 1.82) is 0 Å². The monoisotopic (exact) mass is 554 g/mol. The number of amides is 2. The summed E-state index contributed by atoms with van der Waals surface area (Å²) in [4.78, 5) is 64.2. The lowest BCUT2D eigenvalue weighted by Crippen LogP contribution is -2.34. The maximum Gasteiger partial charge on any atom is 0.307 e. The van der Waals surface area contributed by atoms with Crippen molar-refractivity contribution in [3.63, 3.8) is 0 Å². The zero-order chi connectivity index (χ0) is 28.4. The summed E-state index contributed by atoms with van der Waals surface area (Å²) in [6.45, 7) is 1.73. The lowest BCUT2D eigenvalue weighted by molar-refractivity contribution is -0.146. The number of nitrogens with one attached hydrogen (secondary N) is 2. The van der Waals surface area contributed by atoms with Crippen LogP contribution in [0.4, 0.5) is 11.4 Å². The summed E-state index contributed by atoms with van der Waals surface area (Å²) in [6, 6.07) is 18.4. The van der Waals surface area contributed by atoms with E-state index < -0.39 is 23.1 Å². The number of thioether (sulfide) groups is 1. The summed E-state index contributed by atoms with van der Waals surface area (Å²) in [5.74, 6) is -3.61. The molecule has 0 fully saturated rings. The molecule has 2 aliphatic carbocycles. The molecule has 2 aliphatic rings. The van der Waals surface area contributed by atoms with Crippen molar-refractivity contribution in [2.45, 2.75) is 29.9 Å². The van der Waals surface area contributed by atoms with Crippen LogP contribution in [0.3, 0.4) is 0 Å². The van der Waals surface area contributed by atoms with Crippen LogP contribution in [0.5, 0.6) is 0 Å². The van der Waals surface area contributed by atoms with Crippen LogP contribution in [0.25, 0.3) is 0 Å². The van der Waals surface area contributed by atoms with Crippen LogP contribution in [-0.4, -0.2) is 39.7 Å². The molecule has 202 valence electrons. The highest BCUT2D eigenvalue weighted by molar-refractivity contribution is 8.00. The van der Waals surface area contributed by atoms with Crippen molar-refractivity contribution >= 4 is 52.5 Å². The van der Waals surface area contributed by atoms with Gasteiger partial charge in [0.25, 0.3) is 0 Å². The first-order chi connectivity index (χ1) is 19.2. The highest BCUT2D eigenvalue weighted by atomic mass is 32.2. The number of allylic oxidation sites excluding steroid dienone is 2. The van der Waals surface area contributed by atoms with Gasteiger partial charge in [0.15, 0.2) is 11.6 Å². The highest BCUT2D eigenvalue weighted by Gasteiger charge is 2.34. The molecule has 3 N–H and O–H groups in total. The first-order valence-electron chi connectivity index (χ1n) is 12.8. The minimum atomic E-state index is -0.986. The van der Waals surface area contributed by atoms with Crippen molar-refractivity contribution in [3.05, 3.63) is 101 Å². The number of rotatable bonds is 7. The summed E-state index contributed by atoms with van der Waals surface area (Å²) in [5, 5.41) is 14.5. The van der Waals surface area contributed by atoms with Crippen molar-refractivity contribution in [2.24, 2.45) is 11.8 Å². The molecule has 0 spiro atoms. The van der Waals surface area contributed by atoms with Gasteiger partial charge in [-0.05, 0) is 50.1 Å². The number of aliphatic carboxylic acids is 1. The van der Waals surface area contributed by atoms with Crippen LogP contribution >= 0.6 is 11.8 Å². The zero-order valence-corrected chi connectivity index (χ0v) is 22.4. The third-order valence-electron chi connectivity index (χ3n) is 7.10. The SMILES string of the molecule is CC(Sc1ccc(NC(=O)C2CC=CCC2C(=O)O)cc1)C(=O)Nc1cccc2c1C(=O)c1ccccc1C2=O. The Balaban J connectivity index is 1.23. The number of carboxylic acid groups (broad SMARTS) is 1. The van der Waals surface area contributed by atoms with Gasteiger partial charge in [0.2, 0.25) is 11.8 Å². The molecule has 2 amide bonds. The molecule has 5 rings (SSSR count). The van der Waals surface area contributed by atoms with Gasteiger partial charge in [-0.2, -0.15) is 0 Å². The smallest absolute Gasteiger partial charge is 0.307 e. The lowest BCUT2D eigenvalue weighted by Gasteiger charge is -2.24. The molecule has 0 saturated carbocycles. The average molecular weight is 555 g/mol. The zero-order valence-electron chi connectivity index (χ0n) is 21.5. The van der Waals surface area contributed by atoms with Crippen molar-refractivity contribution in [1.82, 2.24) is 0 Å². The number of anilines is 2. The third kappa shape index (κ3) is 5.33. The Bertz CT molecular complexity index is 1560. The van der Waals surface area contributed by atoms with Gasteiger partial charge in [-0.3, -0.25) is 24.0 Å². The molecule has 3 aromatic rings. The predicted octanol–water partition coefficient (Wildman–Crippen LogP) is 5.19. The number of hydrogen-bond acceptors (Lipinski definition) is 6. The van der Waals surface area contributed by atoms with Crippen LogP contribution in [-0.2, 0) is 14.4 Å². The van der Waals surface area contributed by atoms with E-state index in [1.807, 2.05) is 6.08 Å².